The first-order valence-electron chi connectivity index (χ1n) is 18.9. The van der Waals surface area contributed by atoms with Crippen molar-refractivity contribution in [2.45, 2.75) is 0 Å². The molecule has 10 aromatic carbocycles. The van der Waals surface area contributed by atoms with Gasteiger partial charge in [0.1, 0.15) is 11.6 Å². The molecule has 0 unspecified atom stereocenters. The lowest BCUT2D eigenvalue weighted by atomic mass is 9.77. The van der Waals surface area contributed by atoms with Crippen molar-refractivity contribution in [3.05, 3.63) is 218 Å². The van der Waals surface area contributed by atoms with Gasteiger partial charge in [-0.3, -0.25) is 0 Å². The van der Waals surface area contributed by atoms with Crippen LogP contribution in [-0.2, 0) is 0 Å². The van der Waals surface area contributed by atoms with Crippen LogP contribution in [0.3, 0.4) is 0 Å². The molecule has 10 rings (SSSR count). The second-order valence-corrected chi connectivity index (χ2v) is 14.2. The largest absolute Gasteiger partial charge is 0.207 e. The van der Waals surface area contributed by atoms with Gasteiger partial charge in [0, 0.05) is 0 Å². The number of fused-ring (bicyclic) bond motifs is 3. The predicted octanol–water partition coefficient (Wildman–Crippen LogP) is 15.4. The van der Waals surface area contributed by atoms with E-state index in [1.54, 1.807) is 0 Å². The van der Waals surface area contributed by atoms with E-state index in [-0.39, 0.29) is 11.6 Å². The molecule has 0 saturated carbocycles. The Kier molecular flexibility index (Phi) is 8.30. The van der Waals surface area contributed by atoms with Gasteiger partial charge in [-0.05, 0) is 135 Å². The zero-order chi connectivity index (χ0) is 37.6. The molecule has 264 valence electrons. The van der Waals surface area contributed by atoms with Gasteiger partial charge < -0.3 is 0 Å². The van der Waals surface area contributed by atoms with Crippen LogP contribution in [0.25, 0.3) is 99.1 Å². The monoisotopic (exact) mass is 720 g/mol. The molecule has 0 bridgehead atoms. The van der Waals surface area contributed by atoms with E-state index in [0.29, 0.717) is 0 Å². The molecule has 0 aliphatic rings. The van der Waals surface area contributed by atoms with Gasteiger partial charge in [-0.25, -0.2) is 8.78 Å². The lowest BCUT2D eigenvalue weighted by Crippen LogP contribution is -1.98. The minimum atomic E-state index is -0.256. The Labute approximate surface area is 324 Å². The van der Waals surface area contributed by atoms with Gasteiger partial charge in [0.2, 0.25) is 0 Å². The normalized spacial score (nSPS) is 11.4. The molecule has 0 heterocycles. The smallest absolute Gasteiger partial charge is 0.123 e. The standard InChI is InChI=1S/C54H34F2/c55-43-29-25-35(26-30-43)39-17-11-19-41(33-39)51-47-23-9-10-24-48(47)52(42-20-12-18-40(34-42)36-27-31-44(56)32-28-36)54-50(38-15-5-2-6-16-38)46-22-8-7-21-45(46)49(53(51)54)37-13-3-1-4-14-37/h1-34H. The molecule has 0 saturated heterocycles. The molecule has 0 aromatic heterocycles. The topological polar surface area (TPSA) is 0 Å². The van der Waals surface area contributed by atoms with E-state index in [0.717, 1.165) is 77.2 Å². The highest BCUT2D eigenvalue weighted by atomic mass is 19.1. The van der Waals surface area contributed by atoms with Crippen molar-refractivity contribution in [1.82, 2.24) is 0 Å². The lowest BCUT2D eigenvalue weighted by molar-refractivity contribution is 0.627. The van der Waals surface area contributed by atoms with Gasteiger partial charge in [-0.15, -0.1) is 0 Å². The molecule has 0 nitrogen and oxygen atoms in total. The summed E-state index contributed by atoms with van der Waals surface area (Å²) in [5, 5.41) is 6.91. The summed E-state index contributed by atoms with van der Waals surface area (Å²) in [6, 6.07) is 69.8. The summed E-state index contributed by atoms with van der Waals surface area (Å²) in [5.41, 5.74) is 13.0. The van der Waals surface area contributed by atoms with E-state index >= 15 is 0 Å². The summed E-state index contributed by atoms with van der Waals surface area (Å²) < 4.78 is 28.2. The fourth-order valence-electron chi connectivity index (χ4n) is 8.53. The summed E-state index contributed by atoms with van der Waals surface area (Å²) in [4.78, 5) is 0. The number of hydrogen-bond acceptors (Lipinski definition) is 0. The van der Waals surface area contributed by atoms with Crippen molar-refractivity contribution in [2.75, 3.05) is 0 Å². The van der Waals surface area contributed by atoms with Crippen molar-refractivity contribution in [3.63, 3.8) is 0 Å². The minimum absolute atomic E-state index is 0.256. The maximum atomic E-state index is 14.1. The van der Waals surface area contributed by atoms with Crippen molar-refractivity contribution in [3.8, 4) is 66.8 Å². The van der Waals surface area contributed by atoms with Gasteiger partial charge in [0.15, 0.2) is 0 Å². The minimum Gasteiger partial charge on any atom is -0.207 e. The zero-order valence-corrected chi connectivity index (χ0v) is 30.4. The fourth-order valence-corrected chi connectivity index (χ4v) is 8.53. The Hall–Kier alpha value is -7.16. The second kappa shape index (κ2) is 13.9. The van der Waals surface area contributed by atoms with E-state index in [2.05, 4.69) is 158 Å². The Bertz CT molecular complexity index is 2850. The first kappa shape index (κ1) is 33.4. The molecule has 2 heteroatoms. The first-order valence-corrected chi connectivity index (χ1v) is 18.9. The van der Waals surface area contributed by atoms with Gasteiger partial charge in [-0.1, -0.05) is 170 Å². The summed E-state index contributed by atoms with van der Waals surface area (Å²) in [6.45, 7) is 0. The van der Waals surface area contributed by atoms with Crippen LogP contribution in [0.5, 0.6) is 0 Å². The third-order valence-electron chi connectivity index (χ3n) is 11.0. The second-order valence-electron chi connectivity index (χ2n) is 14.2. The predicted molar refractivity (Wildman–Crippen MR) is 231 cm³/mol. The SMILES string of the molecule is Fc1ccc(-c2cccc(-c3c4ccccc4c(-c4cccc(-c5ccc(F)cc5)c4)c4c(-c5ccccc5)c5ccccc5c(-c5ccccc5)c34)c2)cc1. The molecule has 0 aliphatic carbocycles. The highest BCUT2D eigenvalue weighted by Crippen LogP contribution is 2.54. The maximum absolute atomic E-state index is 14.1. The van der Waals surface area contributed by atoms with E-state index in [1.165, 1.54) is 46.2 Å². The summed E-state index contributed by atoms with van der Waals surface area (Å²) >= 11 is 0. The van der Waals surface area contributed by atoms with Gasteiger partial charge in [0.05, 0.1) is 0 Å². The van der Waals surface area contributed by atoms with Crippen molar-refractivity contribution in [2.24, 2.45) is 0 Å². The molecule has 0 spiro atoms. The molecular weight excluding hydrogens is 687 g/mol. The van der Waals surface area contributed by atoms with Crippen LogP contribution < -0.4 is 0 Å². The average molecular weight is 721 g/mol. The van der Waals surface area contributed by atoms with Crippen molar-refractivity contribution < 1.29 is 8.78 Å². The molecule has 0 fully saturated rings. The van der Waals surface area contributed by atoms with Gasteiger partial charge in [-0.2, -0.15) is 0 Å². The van der Waals surface area contributed by atoms with Gasteiger partial charge >= 0.3 is 0 Å². The molecular formula is C54H34F2. The Balaban J connectivity index is 1.45. The average Bonchev–Trinajstić information content (AvgIpc) is 3.26. The molecule has 0 amide bonds. The maximum Gasteiger partial charge on any atom is 0.123 e. The van der Waals surface area contributed by atoms with Crippen LogP contribution >= 0.6 is 0 Å². The van der Waals surface area contributed by atoms with Crippen LogP contribution in [-0.4, -0.2) is 0 Å². The fraction of sp³-hybridized carbons (Fsp3) is 0. The Morgan fingerprint density at radius 3 is 0.857 bits per heavy atom. The van der Waals surface area contributed by atoms with E-state index in [1.807, 2.05) is 24.3 Å². The van der Waals surface area contributed by atoms with Crippen LogP contribution in [0.1, 0.15) is 0 Å². The van der Waals surface area contributed by atoms with E-state index < -0.39 is 0 Å². The number of hydrogen-bond donors (Lipinski definition) is 0. The van der Waals surface area contributed by atoms with E-state index in [4.69, 9.17) is 0 Å². The number of benzene rings is 10. The molecule has 10 aromatic rings. The first-order chi connectivity index (χ1) is 27.6. The molecule has 0 aliphatic heterocycles. The van der Waals surface area contributed by atoms with Crippen molar-refractivity contribution in [1.29, 1.82) is 0 Å². The van der Waals surface area contributed by atoms with Crippen molar-refractivity contribution >= 4 is 32.3 Å². The molecule has 0 radical (unpaired) electrons. The Morgan fingerprint density at radius 1 is 0.214 bits per heavy atom. The highest BCUT2D eigenvalue weighted by Gasteiger charge is 2.26. The van der Waals surface area contributed by atoms with Crippen LogP contribution in [0.15, 0.2) is 206 Å². The third kappa shape index (κ3) is 5.75. The van der Waals surface area contributed by atoms with Crippen LogP contribution in [0.4, 0.5) is 8.78 Å². The Morgan fingerprint density at radius 2 is 0.500 bits per heavy atom. The van der Waals surface area contributed by atoms with Crippen LogP contribution in [0, 0.1) is 11.6 Å². The summed E-state index contributed by atoms with van der Waals surface area (Å²) in [7, 11) is 0. The zero-order valence-electron chi connectivity index (χ0n) is 30.4. The summed E-state index contributed by atoms with van der Waals surface area (Å²) in [5.74, 6) is -0.511. The van der Waals surface area contributed by atoms with E-state index in [9.17, 15) is 8.78 Å². The lowest BCUT2D eigenvalue weighted by Gasteiger charge is -2.25. The third-order valence-corrected chi connectivity index (χ3v) is 11.0. The summed E-state index contributed by atoms with van der Waals surface area (Å²) in [6.07, 6.45) is 0. The molecule has 0 N–H and O–H groups in total. The van der Waals surface area contributed by atoms with Crippen LogP contribution in [0.2, 0.25) is 0 Å². The quantitative estimate of drug-likeness (QED) is 0.150. The number of halogens is 2. The highest BCUT2D eigenvalue weighted by molar-refractivity contribution is 6.34. The molecule has 56 heavy (non-hydrogen) atoms. The van der Waals surface area contributed by atoms with Gasteiger partial charge in [0.25, 0.3) is 0 Å². The number of rotatable bonds is 6. The molecule has 0 atom stereocenters.